The van der Waals surface area contributed by atoms with Crippen LogP contribution >= 0.6 is 0 Å². The minimum Gasteiger partial charge on any atom is -0.355 e. The van der Waals surface area contributed by atoms with Gasteiger partial charge in [-0.3, -0.25) is 13.9 Å². The van der Waals surface area contributed by atoms with Gasteiger partial charge >= 0.3 is 0 Å². The molecule has 7 nitrogen and oxygen atoms in total. The monoisotopic (exact) mass is 535 g/mol. The third kappa shape index (κ3) is 6.81. The molecule has 0 saturated carbocycles. The lowest BCUT2D eigenvalue weighted by atomic mass is 10.1. The van der Waals surface area contributed by atoms with E-state index in [1.54, 1.807) is 30.3 Å². The van der Waals surface area contributed by atoms with Crippen molar-refractivity contribution < 1.29 is 18.0 Å². The number of hydrogen-bond acceptors (Lipinski definition) is 4. The second kappa shape index (κ2) is 13.2. The number of nitrogens with one attached hydrogen (secondary N) is 1. The number of hydrogen-bond donors (Lipinski definition) is 1. The molecular formula is C30H37N3O4S. The average molecular weight is 536 g/mol. The normalized spacial score (nSPS) is 12.0. The Hall–Kier alpha value is -3.65. The molecule has 0 aliphatic carbocycles. The van der Waals surface area contributed by atoms with Gasteiger partial charge in [0, 0.05) is 13.1 Å². The van der Waals surface area contributed by atoms with Crippen LogP contribution in [-0.4, -0.2) is 44.3 Å². The van der Waals surface area contributed by atoms with Gasteiger partial charge in [0.1, 0.15) is 12.6 Å². The van der Waals surface area contributed by atoms with E-state index in [-0.39, 0.29) is 17.3 Å². The SMILES string of the molecule is CCNC(=O)C(CC)N(Cc1cccc(C)c1)C(=O)CN(c1ccccc1CC)S(=O)(=O)c1ccccc1. The first-order valence-corrected chi connectivity index (χ1v) is 14.4. The van der Waals surface area contributed by atoms with Crippen molar-refractivity contribution in [3.05, 3.63) is 95.6 Å². The number of nitrogens with zero attached hydrogens (tertiary/aromatic N) is 2. The van der Waals surface area contributed by atoms with Crippen LogP contribution in [0.25, 0.3) is 0 Å². The third-order valence-corrected chi connectivity index (χ3v) is 8.20. The molecule has 38 heavy (non-hydrogen) atoms. The number of likely N-dealkylation sites (N-methyl/N-ethyl adjacent to an activating group) is 1. The first kappa shape index (κ1) is 28.9. The highest BCUT2D eigenvalue weighted by molar-refractivity contribution is 7.92. The van der Waals surface area contributed by atoms with Crippen molar-refractivity contribution in [2.24, 2.45) is 0 Å². The van der Waals surface area contributed by atoms with Crippen LogP contribution in [0.3, 0.4) is 0 Å². The summed E-state index contributed by atoms with van der Waals surface area (Å²) in [5.74, 6) is -0.711. The van der Waals surface area contributed by atoms with Crippen molar-refractivity contribution in [2.45, 2.75) is 58.0 Å². The number of anilines is 1. The Morgan fingerprint density at radius 1 is 0.895 bits per heavy atom. The molecule has 0 spiro atoms. The van der Waals surface area contributed by atoms with Gasteiger partial charge < -0.3 is 10.2 Å². The highest BCUT2D eigenvalue weighted by atomic mass is 32.2. The topological polar surface area (TPSA) is 86.8 Å². The van der Waals surface area contributed by atoms with Gasteiger partial charge in [0.25, 0.3) is 10.0 Å². The Balaban J connectivity index is 2.09. The van der Waals surface area contributed by atoms with E-state index in [0.717, 1.165) is 16.7 Å². The highest BCUT2D eigenvalue weighted by Crippen LogP contribution is 2.28. The van der Waals surface area contributed by atoms with Crippen LogP contribution in [0.2, 0.25) is 0 Å². The molecule has 0 saturated heterocycles. The molecule has 202 valence electrons. The van der Waals surface area contributed by atoms with E-state index in [1.165, 1.54) is 21.3 Å². The molecule has 3 aromatic rings. The largest absolute Gasteiger partial charge is 0.355 e. The van der Waals surface area contributed by atoms with E-state index >= 15 is 0 Å². The fraction of sp³-hybridized carbons (Fsp3) is 0.333. The van der Waals surface area contributed by atoms with E-state index in [9.17, 15) is 18.0 Å². The van der Waals surface area contributed by atoms with Crippen LogP contribution in [0.4, 0.5) is 5.69 Å². The molecule has 1 unspecified atom stereocenters. The molecular weight excluding hydrogens is 498 g/mol. The lowest BCUT2D eigenvalue weighted by molar-refractivity contribution is -0.140. The molecule has 3 rings (SSSR count). The van der Waals surface area contributed by atoms with Gasteiger partial charge in [0.05, 0.1) is 10.6 Å². The van der Waals surface area contributed by atoms with Gasteiger partial charge in [-0.05, 0) is 56.0 Å². The Labute approximate surface area is 226 Å². The quantitative estimate of drug-likeness (QED) is 0.364. The zero-order valence-corrected chi connectivity index (χ0v) is 23.4. The summed E-state index contributed by atoms with van der Waals surface area (Å²) in [6.07, 6.45) is 0.981. The summed E-state index contributed by atoms with van der Waals surface area (Å²) < 4.78 is 29.0. The lowest BCUT2D eigenvalue weighted by Gasteiger charge is -2.33. The number of carbonyl (C=O) groups is 2. The van der Waals surface area contributed by atoms with Gasteiger partial charge in [0.2, 0.25) is 11.8 Å². The minimum absolute atomic E-state index is 0.0970. The molecule has 0 bridgehead atoms. The molecule has 8 heteroatoms. The van der Waals surface area contributed by atoms with Crippen molar-refractivity contribution in [2.75, 3.05) is 17.4 Å². The van der Waals surface area contributed by atoms with Gasteiger partial charge in [-0.25, -0.2) is 8.42 Å². The summed E-state index contributed by atoms with van der Waals surface area (Å²) in [6.45, 7) is 7.77. The Bertz CT molecular complexity index is 1340. The zero-order chi connectivity index (χ0) is 27.7. The summed E-state index contributed by atoms with van der Waals surface area (Å²) in [5.41, 5.74) is 3.16. The number of carbonyl (C=O) groups excluding carboxylic acids is 2. The minimum atomic E-state index is -4.07. The van der Waals surface area contributed by atoms with Crippen molar-refractivity contribution in [1.82, 2.24) is 10.2 Å². The van der Waals surface area contributed by atoms with Crippen LogP contribution in [0.1, 0.15) is 43.9 Å². The predicted octanol–water partition coefficient (Wildman–Crippen LogP) is 4.70. The molecule has 0 radical (unpaired) electrons. The maximum atomic E-state index is 14.0. The molecule has 0 aliphatic heterocycles. The molecule has 2 amide bonds. The van der Waals surface area contributed by atoms with Crippen molar-refractivity contribution in [1.29, 1.82) is 0 Å². The molecule has 0 aromatic heterocycles. The number of amides is 2. The highest BCUT2D eigenvalue weighted by Gasteiger charge is 2.34. The third-order valence-electron chi connectivity index (χ3n) is 6.42. The van der Waals surface area contributed by atoms with Crippen LogP contribution < -0.4 is 9.62 Å². The Morgan fingerprint density at radius 3 is 2.21 bits per heavy atom. The predicted molar refractivity (Wildman–Crippen MR) is 151 cm³/mol. The number of benzene rings is 3. The van der Waals surface area contributed by atoms with Gasteiger partial charge in [-0.2, -0.15) is 0 Å². The standard InChI is InChI=1S/C30H37N3O4S/c1-5-25-16-11-12-19-28(25)33(38(36,37)26-17-9-8-10-18-26)22-29(34)32(27(6-2)30(35)31-7-3)21-24-15-13-14-23(4)20-24/h8-20,27H,5-7,21-22H2,1-4H3,(H,31,35). The van der Waals surface area contributed by atoms with Crippen LogP contribution in [-0.2, 0) is 32.6 Å². The average Bonchev–Trinajstić information content (AvgIpc) is 2.92. The Kier molecular flexibility index (Phi) is 10.1. The van der Waals surface area contributed by atoms with E-state index in [0.29, 0.717) is 25.1 Å². The summed E-state index contributed by atoms with van der Waals surface area (Å²) in [6, 6.07) is 22.3. The van der Waals surface area contributed by atoms with Crippen molar-refractivity contribution in [3.63, 3.8) is 0 Å². The molecule has 0 heterocycles. The van der Waals surface area contributed by atoms with E-state index in [1.807, 2.05) is 64.1 Å². The number of sulfonamides is 1. The number of para-hydroxylation sites is 1. The molecule has 0 aliphatic rings. The van der Waals surface area contributed by atoms with Crippen LogP contribution in [0.15, 0.2) is 83.8 Å². The van der Waals surface area contributed by atoms with Gasteiger partial charge in [-0.15, -0.1) is 0 Å². The first-order valence-electron chi connectivity index (χ1n) is 13.0. The van der Waals surface area contributed by atoms with Crippen molar-refractivity contribution in [3.8, 4) is 0 Å². The summed E-state index contributed by atoms with van der Waals surface area (Å²) in [7, 11) is -4.07. The fourth-order valence-corrected chi connectivity index (χ4v) is 5.98. The van der Waals surface area contributed by atoms with Crippen LogP contribution in [0.5, 0.6) is 0 Å². The van der Waals surface area contributed by atoms with E-state index < -0.39 is 28.5 Å². The maximum Gasteiger partial charge on any atom is 0.264 e. The second-order valence-electron chi connectivity index (χ2n) is 9.14. The molecule has 3 aromatic carbocycles. The van der Waals surface area contributed by atoms with E-state index in [4.69, 9.17) is 0 Å². The molecule has 0 fully saturated rings. The van der Waals surface area contributed by atoms with E-state index in [2.05, 4.69) is 5.32 Å². The Morgan fingerprint density at radius 2 is 1.58 bits per heavy atom. The number of aryl methyl sites for hydroxylation is 2. The summed E-state index contributed by atoms with van der Waals surface area (Å²) in [5, 5.41) is 2.82. The molecule has 1 N–H and O–H groups in total. The zero-order valence-electron chi connectivity index (χ0n) is 22.6. The fourth-order valence-electron chi connectivity index (χ4n) is 4.50. The summed E-state index contributed by atoms with van der Waals surface area (Å²) >= 11 is 0. The summed E-state index contributed by atoms with van der Waals surface area (Å²) in [4.78, 5) is 28.7. The smallest absolute Gasteiger partial charge is 0.264 e. The van der Waals surface area contributed by atoms with Crippen molar-refractivity contribution >= 4 is 27.5 Å². The molecule has 1 atom stereocenters. The maximum absolute atomic E-state index is 14.0. The van der Waals surface area contributed by atoms with Crippen LogP contribution in [0, 0.1) is 6.92 Å². The van der Waals surface area contributed by atoms with Gasteiger partial charge in [-0.1, -0.05) is 80.1 Å². The first-order chi connectivity index (χ1) is 18.2. The second-order valence-corrected chi connectivity index (χ2v) is 11.0. The number of rotatable bonds is 12. The lowest BCUT2D eigenvalue weighted by Crippen LogP contribution is -2.52. The van der Waals surface area contributed by atoms with Gasteiger partial charge in [0.15, 0.2) is 0 Å².